The molecular weight excluding hydrogens is 706 g/mol. The van der Waals surface area contributed by atoms with Crippen LogP contribution >= 0.6 is 80.4 Å². The Morgan fingerprint density at radius 3 is 1.83 bits per heavy atom. The van der Waals surface area contributed by atoms with E-state index in [-0.39, 0.29) is 5.75 Å². The van der Waals surface area contributed by atoms with E-state index in [4.69, 9.17) is 0 Å². The van der Waals surface area contributed by atoms with Gasteiger partial charge >= 0.3 is 15.6 Å². The predicted molar refractivity (Wildman–Crippen MR) is 114 cm³/mol. The summed E-state index contributed by atoms with van der Waals surface area (Å²) in [4.78, 5) is 1.08. The summed E-state index contributed by atoms with van der Waals surface area (Å²) in [6.07, 6.45) is 0. The quantitative estimate of drug-likeness (QED) is 0.188. The van der Waals surface area contributed by atoms with Crippen LogP contribution in [0.2, 0.25) is 0 Å². The minimum absolute atomic E-state index is 0.371. The average Bonchev–Trinajstić information content (AvgIpc) is 2.44. The van der Waals surface area contributed by atoms with E-state index in [1.807, 2.05) is 0 Å². The maximum absolute atomic E-state index is 11.8. The van der Waals surface area contributed by atoms with Crippen LogP contribution in [0.1, 0.15) is 0 Å². The molecule has 132 valence electrons. The summed E-state index contributed by atoms with van der Waals surface area (Å²) < 4.78 is 63.9. The summed E-state index contributed by atoms with van der Waals surface area (Å²) in [6.45, 7) is 0. The minimum Gasteiger partial charge on any atom is -0.376 e. The Morgan fingerprint density at radius 1 is 0.958 bits per heavy atom. The molecule has 0 aromatic heterocycles. The van der Waals surface area contributed by atoms with E-state index < -0.39 is 15.6 Å². The molecule has 0 heterocycles. The molecule has 3 nitrogen and oxygen atoms in total. The van der Waals surface area contributed by atoms with Gasteiger partial charge in [0.1, 0.15) is 5.75 Å². The van der Waals surface area contributed by atoms with Crippen LogP contribution in [0.4, 0.5) is 13.2 Å². The third-order valence-electron chi connectivity index (χ3n) is 2.21. The van der Waals surface area contributed by atoms with Gasteiger partial charge in [0.25, 0.3) is 0 Å². The highest BCUT2D eigenvalue weighted by molar-refractivity contribution is 14.1. The van der Waals surface area contributed by atoms with Gasteiger partial charge in [0, 0.05) is 15.6 Å². The average molecular weight is 714 g/mol. The molecule has 24 heavy (non-hydrogen) atoms. The van der Waals surface area contributed by atoms with Crippen molar-refractivity contribution in [2.75, 3.05) is 0 Å². The lowest BCUT2D eigenvalue weighted by molar-refractivity contribution is -0.0500. The largest absolute Gasteiger partial charge is 0.534 e. The van der Waals surface area contributed by atoms with Crippen molar-refractivity contribution in [3.05, 3.63) is 53.2 Å². The number of benzene rings is 2. The van der Waals surface area contributed by atoms with E-state index in [1.165, 1.54) is 28.9 Å². The number of halogens is 6. The van der Waals surface area contributed by atoms with Gasteiger partial charge < -0.3 is 4.18 Å². The van der Waals surface area contributed by atoms with E-state index in [1.54, 1.807) is 0 Å². The van der Waals surface area contributed by atoms with Crippen LogP contribution in [0.25, 0.3) is 0 Å². The van der Waals surface area contributed by atoms with Crippen LogP contribution < -0.4 is 4.18 Å². The highest BCUT2D eigenvalue weighted by Crippen LogP contribution is 2.26. The van der Waals surface area contributed by atoms with Gasteiger partial charge in [0.05, 0.1) is 0 Å². The number of thiol groups is 1. The molecule has 0 spiro atoms. The highest BCUT2D eigenvalue weighted by atomic mass is 127. The molecule has 0 aliphatic rings. The maximum atomic E-state index is 11.8. The molecule has 2 aromatic carbocycles. The number of hydrogen-bond donors (Lipinski definition) is 1. The monoisotopic (exact) mass is 714 g/mol. The summed E-state index contributed by atoms with van der Waals surface area (Å²) >= 11 is 11.2. The van der Waals surface area contributed by atoms with E-state index in [0.717, 1.165) is 17.0 Å². The first-order valence-corrected chi connectivity index (χ1v) is 10.9. The number of rotatable bonds is 2. The Bertz CT molecular complexity index is 774. The second-order valence-corrected chi connectivity index (χ2v) is 9.57. The zero-order valence-corrected chi connectivity index (χ0v) is 19.6. The molecule has 0 bridgehead atoms. The van der Waals surface area contributed by atoms with E-state index >= 15 is 0 Å². The number of hydrogen-bond acceptors (Lipinski definition) is 4. The topological polar surface area (TPSA) is 43.4 Å². The second-order valence-electron chi connectivity index (χ2n) is 4.01. The van der Waals surface area contributed by atoms with E-state index in [9.17, 15) is 21.6 Å². The first kappa shape index (κ1) is 22.6. The Morgan fingerprint density at radius 2 is 1.42 bits per heavy atom. The molecule has 0 amide bonds. The first-order valence-electron chi connectivity index (χ1n) is 5.83. The van der Waals surface area contributed by atoms with Crippen LogP contribution in [0, 0.1) is 10.7 Å². The number of para-hydroxylation sites is 1. The van der Waals surface area contributed by atoms with E-state index in [2.05, 4.69) is 96.7 Å². The van der Waals surface area contributed by atoms with Gasteiger partial charge in [-0.05, 0) is 92.0 Å². The summed E-state index contributed by atoms with van der Waals surface area (Å²) in [5, 5.41) is 0. The fourth-order valence-corrected chi connectivity index (χ4v) is 5.36. The van der Waals surface area contributed by atoms with Gasteiger partial charge in [0.15, 0.2) is 0 Å². The number of alkyl halides is 3. The summed E-state index contributed by atoms with van der Waals surface area (Å²) in [7, 11) is -5.55. The molecule has 11 heteroatoms. The molecule has 0 fully saturated rings. The fourth-order valence-electron chi connectivity index (χ4n) is 1.18. The third kappa shape index (κ3) is 7.03. The van der Waals surface area contributed by atoms with Crippen molar-refractivity contribution in [1.29, 1.82) is 0 Å². The Balaban J connectivity index is 0.000000254. The lowest BCUT2D eigenvalue weighted by Crippen LogP contribution is -2.27. The standard InChI is InChI=1S/C7H5F3O3S.C6H3I3S/c8-7(9,10)14(11,12)13-6-4-2-1-3-5-6;7-3-1-4(8)6(10)5(9)2-3/h1-5H;1-2,10H. The highest BCUT2D eigenvalue weighted by Gasteiger charge is 2.48. The van der Waals surface area contributed by atoms with Crippen LogP contribution in [-0.2, 0) is 10.1 Å². The molecule has 0 aliphatic carbocycles. The molecule has 0 saturated heterocycles. The molecule has 0 unspecified atom stereocenters. The van der Waals surface area contributed by atoms with Crippen molar-refractivity contribution in [1.82, 2.24) is 0 Å². The van der Waals surface area contributed by atoms with Crippen molar-refractivity contribution in [2.24, 2.45) is 0 Å². The van der Waals surface area contributed by atoms with Crippen molar-refractivity contribution in [3.63, 3.8) is 0 Å². The predicted octanol–water partition coefficient (Wildman–Crippen LogP) is 5.70. The molecule has 0 radical (unpaired) electrons. The summed E-state index contributed by atoms with van der Waals surface area (Å²) in [5.74, 6) is -0.371. The summed E-state index contributed by atoms with van der Waals surface area (Å²) in [5.41, 5.74) is -5.40. The van der Waals surface area contributed by atoms with Crippen LogP contribution in [-0.4, -0.2) is 13.9 Å². The summed E-state index contributed by atoms with van der Waals surface area (Å²) in [6, 6.07) is 10.7. The molecule has 0 aliphatic heterocycles. The van der Waals surface area contributed by atoms with Crippen LogP contribution in [0.3, 0.4) is 0 Å². The van der Waals surface area contributed by atoms with Crippen molar-refractivity contribution in [2.45, 2.75) is 10.4 Å². The smallest absolute Gasteiger partial charge is 0.376 e. The molecular formula is C13H8F3I3O3S2. The van der Waals surface area contributed by atoms with Gasteiger partial charge in [-0.15, -0.1) is 12.6 Å². The molecule has 0 atom stereocenters. The lowest BCUT2D eigenvalue weighted by atomic mass is 10.3. The Labute approximate surface area is 183 Å². The molecule has 0 N–H and O–H groups in total. The zero-order valence-electron chi connectivity index (χ0n) is 11.4. The Kier molecular flexibility index (Phi) is 8.89. The Hall–Kier alpha value is 0.520. The normalized spacial score (nSPS) is 11.5. The van der Waals surface area contributed by atoms with Gasteiger partial charge in [-0.1, -0.05) is 18.2 Å². The minimum atomic E-state index is -5.55. The molecule has 2 aromatic rings. The van der Waals surface area contributed by atoms with Gasteiger partial charge in [0.2, 0.25) is 0 Å². The van der Waals surface area contributed by atoms with Crippen molar-refractivity contribution >= 4 is 90.5 Å². The first-order chi connectivity index (χ1) is 10.9. The van der Waals surface area contributed by atoms with Gasteiger partial charge in [-0.3, -0.25) is 0 Å². The third-order valence-corrected chi connectivity index (χ3v) is 6.85. The van der Waals surface area contributed by atoms with Crippen molar-refractivity contribution in [3.8, 4) is 5.75 Å². The second kappa shape index (κ2) is 9.45. The fraction of sp³-hybridized carbons (Fsp3) is 0.0769. The van der Waals surface area contributed by atoms with Crippen LogP contribution in [0.5, 0.6) is 5.75 Å². The molecule has 0 saturated carbocycles. The van der Waals surface area contributed by atoms with Crippen LogP contribution in [0.15, 0.2) is 47.4 Å². The SMILES string of the molecule is O=S(=O)(Oc1ccccc1)C(F)(F)F.Sc1c(I)cc(I)cc1I. The van der Waals surface area contributed by atoms with Crippen molar-refractivity contribution < 1.29 is 25.8 Å². The maximum Gasteiger partial charge on any atom is 0.534 e. The van der Waals surface area contributed by atoms with Gasteiger partial charge in [-0.2, -0.15) is 21.6 Å². The van der Waals surface area contributed by atoms with E-state index in [0.29, 0.717) is 0 Å². The lowest BCUT2D eigenvalue weighted by Gasteiger charge is -2.08. The zero-order chi connectivity index (χ0) is 18.5. The van der Waals surface area contributed by atoms with Gasteiger partial charge in [-0.25, -0.2) is 0 Å². The molecule has 2 rings (SSSR count).